The van der Waals surface area contributed by atoms with Crippen molar-refractivity contribution in [3.05, 3.63) is 64.2 Å². The van der Waals surface area contributed by atoms with Gasteiger partial charge in [-0.2, -0.15) is 0 Å². The van der Waals surface area contributed by atoms with Gasteiger partial charge in [0.05, 0.1) is 18.1 Å². The van der Waals surface area contributed by atoms with Gasteiger partial charge in [0.15, 0.2) is 5.11 Å². The molecule has 1 atom stereocenters. The molecule has 2 N–H and O–H groups in total. The van der Waals surface area contributed by atoms with Crippen molar-refractivity contribution >= 4 is 28.7 Å². The summed E-state index contributed by atoms with van der Waals surface area (Å²) in [5.74, 6) is 0.799. The molecule has 0 aromatic heterocycles. The Morgan fingerprint density at radius 1 is 1.17 bits per heavy atom. The van der Waals surface area contributed by atoms with E-state index in [0.717, 1.165) is 11.3 Å². The molecule has 0 saturated carbocycles. The zero-order chi connectivity index (χ0) is 16.8. The fourth-order valence-electron chi connectivity index (χ4n) is 2.01. The standard InChI is InChI=1S/C16H17N3O3S/c1-11(12-3-9-15(22-2)10-4-12)17-16(23)18-13-5-7-14(8-6-13)19(20)21/h3-11H,1-2H3,(H2,17,18,23). The number of non-ortho nitro benzene ring substituents is 1. The van der Waals surface area contributed by atoms with E-state index < -0.39 is 4.92 Å². The predicted molar refractivity (Wildman–Crippen MR) is 93.9 cm³/mol. The van der Waals surface area contributed by atoms with E-state index in [9.17, 15) is 10.1 Å². The molecule has 0 aliphatic heterocycles. The number of nitro groups is 1. The number of hydrogen-bond donors (Lipinski definition) is 2. The van der Waals surface area contributed by atoms with Gasteiger partial charge in [0.2, 0.25) is 0 Å². The van der Waals surface area contributed by atoms with Crippen molar-refractivity contribution in [2.75, 3.05) is 12.4 Å². The van der Waals surface area contributed by atoms with Gasteiger partial charge in [-0.25, -0.2) is 0 Å². The average Bonchev–Trinajstić information content (AvgIpc) is 2.55. The number of thiocarbonyl (C=S) groups is 1. The van der Waals surface area contributed by atoms with Gasteiger partial charge in [0.1, 0.15) is 5.75 Å². The van der Waals surface area contributed by atoms with Gasteiger partial charge in [-0.1, -0.05) is 12.1 Å². The number of ether oxygens (including phenoxy) is 1. The molecule has 0 amide bonds. The van der Waals surface area contributed by atoms with Crippen molar-refractivity contribution in [3.8, 4) is 5.75 Å². The molecule has 120 valence electrons. The maximum Gasteiger partial charge on any atom is 0.269 e. The van der Waals surface area contributed by atoms with E-state index in [1.54, 1.807) is 19.2 Å². The van der Waals surface area contributed by atoms with Crippen LogP contribution in [0.2, 0.25) is 0 Å². The zero-order valence-corrected chi connectivity index (χ0v) is 13.6. The number of hydrogen-bond acceptors (Lipinski definition) is 4. The molecule has 7 heteroatoms. The highest BCUT2D eigenvalue weighted by Crippen LogP contribution is 2.18. The number of benzene rings is 2. The van der Waals surface area contributed by atoms with E-state index in [-0.39, 0.29) is 11.7 Å². The van der Waals surface area contributed by atoms with Crippen LogP contribution in [-0.4, -0.2) is 17.1 Å². The van der Waals surface area contributed by atoms with Crippen molar-refractivity contribution in [2.45, 2.75) is 13.0 Å². The number of anilines is 1. The van der Waals surface area contributed by atoms with Gasteiger partial charge in [-0.15, -0.1) is 0 Å². The van der Waals surface area contributed by atoms with Crippen LogP contribution in [0, 0.1) is 10.1 Å². The summed E-state index contributed by atoms with van der Waals surface area (Å²) in [7, 11) is 1.62. The summed E-state index contributed by atoms with van der Waals surface area (Å²) in [4.78, 5) is 10.2. The van der Waals surface area contributed by atoms with Crippen LogP contribution in [-0.2, 0) is 0 Å². The first-order valence-electron chi connectivity index (χ1n) is 6.95. The van der Waals surface area contributed by atoms with Gasteiger partial charge in [-0.05, 0) is 49.0 Å². The molecule has 0 radical (unpaired) electrons. The van der Waals surface area contributed by atoms with E-state index in [1.165, 1.54) is 12.1 Å². The third-order valence-corrected chi connectivity index (χ3v) is 3.52. The Morgan fingerprint density at radius 2 is 1.78 bits per heavy atom. The first-order valence-corrected chi connectivity index (χ1v) is 7.36. The molecule has 2 aromatic carbocycles. The fourth-order valence-corrected chi connectivity index (χ4v) is 2.30. The van der Waals surface area contributed by atoms with Crippen molar-refractivity contribution in [2.24, 2.45) is 0 Å². The molecule has 0 spiro atoms. The zero-order valence-electron chi connectivity index (χ0n) is 12.8. The Balaban J connectivity index is 1.93. The molecule has 2 aromatic rings. The molecule has 6 nitrogen and oxygen atoms in total. The van der Waals surface area contributed by atoms with Crippen molar-refractivity contribution in [1.82, 2.24) is 5.32 Å². The Hall–Kier alpha value is -2.67. The third-order valence-electron chi connectivity index (χ3n) is 3.30. The third kappa shape index (κ3) is 4.65. The summed E-state index contributed by atoms with van der Waals surface area (Å²) >= 11 is 5.26. The van der Waals surface area contributed by atoms with Gasteiger partial charge >= 0.3 is 0 Å². The highest BCUT2D eigenvalue weighted by atomic mass is 32.1. The quantitative estimate of drug-likeness (QED) is 0.495. The van der Waals surface area contributed by atoms with Crippen molar-refractivity contribution in [1.29, 1.82) is 0 Å². The van der Waals surface area contributed by atoms with E-state index >= 15 is 0 Å². The van der Waals surface area contributed by atoms with Crippen molar-refractivity contribution < 1.29 is 9.66 Å². The normalized spacial score (nSPS) is 11.4. The molecule has 0 saturated heterocycles. The molecule has 0 aliphatic carbocycles. The summed E-state index contributed by atoms with van der Waals surface area (Å²) in [6, 6.07) is 13.8. The van der Waals surface area contributed by atoms with E-state index in [1.807, 2.05) is 31.2 Å². The molecular weight excluding hydrogens is 314 g/mol. The van der Waals surface area contributed by atoms with Crippen LogP contribution in [0.1, 0.15) is 18.5 Å². The van der Waals surface area contributed by atoms with Gasteiger partial charge in [0, 0.05) is 17.8 Å². The molecule has 23 heavy (non-hydrogen) atoms. The van der Waals surface area contributed by atoms with Crippen LogP contribution < -0.4 is 15.4 Å². The lowest BCUT2D eigenvalue weighted by Gasteiger charge is -2.17. The summed E-state index contributed by atoms with van der Waals surface area (Å²) in [5.41, 5.74) is 1.80. The fraction of sp³-hybridized carbons (Fsp3) is 0.188. The largest absolute Gasteiger partial charge is 0.497 e. The maximum absolute atomic E-state index is 10.6. The Bertz CT molecular complexity index is 687. The van der Waals surface area contributed by atoms with Crippen LogP contribution in [0.25, 0.3) is 0 Å². The molecule has 0 heterocycles. The lowest BCUT2D eigenvalue weighted by Crippen LogP contribution is -2.30. The molecule has 1 unspecified atom stereocenters. The Labute approximate surface area is 139 Å². The minimum Gasteiger partial charge on any atom is -0.497 e. The first kappa shape index (κ1) is 16.7. The number of rotatable bonds is 5. The smallest absolute Gasteiger partial charge is 0.269 e. The van der Waals surface area contributed by atoms with Crippen LogP contribution >= 0.6 is 12.2 Å². The summed E-state index contributed by atoms with van der Waals surface area (Å²) in [5, 5.41) is 17.2. The maximum atomic E-state index is 10.6. The van der Waals surface area contributed by atoms with Crippen LogP contribution in [0.15, 0.2) is 48.5 Å². The van der Waals surface area contributed by atoms with Gasteiger partial charge < -0.3 is 15.4 Å². The summed E-state index contributed by atoms with van der Waals surface area (Å²) in [6.45, 7) is 1.99. The van der Waals surface area contributed by atoms with Gasteiger partial charge in [-0.3, -0.25) is 10.1 Å². The minimum absolute atomic E-state index is 0.0129. The highest BCUT2D eigenvalue weighted by molar-refractivity contribution is 7.80. The monoisotopic (exact) mass is 331 g/mol. The first-order chi connectivity index (χ1) is 11.0. The lowest BCUT2D eigenvalue weighted by molar-refractivity contribution is -0.384. The minimum atomic E-state index is -0.438. The lowest BCUT2D eigenvalue weighted by atomic mass is 10.1. The van der Waals surface area contributed by atoms with Crippen LogP contribution in [0.5, 0.6) is 5.75 Å². The molecule has 0 fully saturated rings. The Kier molecular flexibility index (Phi) is 5.48. The van der Waals surface area contributed by atoms with Crippen LogP contribution in [0.4, 0.5) is 11.4 Å². The van der Waals surface area contributed by atoms with Crippen LogP contribution in [0.3, 0.4) is 0 Å². The molecule has 0 aliphatic rings. The van der Waals surface area contributed by atoms with Crippen molar-refractivity contribution in [3.63, 3.8) is 0 Å². The van der Waals surface area contributed by atoms with E-state index in [4.69, 9.17) is 17.0 Å². The number of methoxy groups -OCH3 is 1. The second-order valence-electron chi connectivity index (χ2n) is 4.90. The second-order valence-corrected chi connectivity index (χ2v) is 5.31. The topological polar surface area (TPSA) is 76.4 Å². The molecular formula is C16H17N3O3S. The molecule has 0 bridgehead atoms. The van der Waals surface area contributed by atoms with E-state index in [2.05, 4.69) is 10.6 Å². The predicted octanol–water partition coefficient (Wildman–Crippen LogP) is 3.65. The number of nitrogens with zero attached hydrogens (tertiary/aromatic N) is 1. The average molecular weight is 331 g/mol. The molecule has 2 rings (SSSR count). The second kappa shape index (κ2) is 7.55. The Morgan fingerprint density at radius 3 is 2.30 bits per heavy atom. The highest BCUT2D eigenvalue weighted by Gasteiger charge is 2.08. The summed E-state index contributed by atoms with van der Waals surface area (Å²) < 4.78 is 5.13. The van der Waals surface area contributed by atoms with Gasteiger partial charge in [0.25, 0.3) is 5.69 Å². The number of nitrogens with one attached hydrogen (secondary N) is 2. The van der Waals surface area contributed by atoms with E-state index in [0.29, 0.717) is 10.8 Å². The SMILES string of the molecule is COc1ccc(C(C)NC(=S)Nc2ccc([N+](=O)[O-])cc2)cc1. The number of nitro benzene ring substituents is 1. The summed E-state index contributed by atoms with van der Waals surface area (Å²) in [6.07, 6.45) is 0.